The Morgan fingerprint density at radius 1 is 1.28 bits per heavy atom. The molecule has 2 fully saturated rings. The maximum Gasteiger partial charge on any atom is 0.410 e. The quantitative estimate of drug-likeness (QED) is 0.760. The number of piperidine rings is 1. The van der Waals surface area contributed by atoms with Crippen LogP contribution in [-0.2, 0) is 4.74 Å². The number of nitrogens with zero attached hydrogens (tertiary/aromatic N) is 2. The molecule has 18 heavy (non-hydrogen) atoms. The lowest BCUT2D eigenvalue weighted by Crippen LogP contribution is -2.64. The lowest BCUT2D eigenvalue weighted by molar-refractivity contribution is -0.0199. The Hall–Kier alpha value is -0.810. The van der Waals surface area contributed by atoms with Crippen molar-refractivity contribution in [2.75, 3.05) is 26.2 Å². The summed E-state index contributed by atoms with van der Waals surface area (Å²) in [5.41, 5.74) is 5.57. The van der Waals surface area contributed by atoms with Gasteiger partial charge in [0.05, 0.1) is 0 Å². The summed E-state index contributed by atoms with van der Waals surface area (Å²) in [6, 6.07) is 0.776. The molecule has 0 aromatic heterocycles. The molecule has 1 atom stereocenters. The fraction of sp³-hybridized carbons (Fsp3) is 0.923. The molecular weight excluding hydrogens is 230 g/mol. The van der Waals surface area contributed by atoms with Crippen molar-refractivity contribution < 1.29 is 9.53 Å². The average Bonchev–Trinajstić information content (AvgIpc) is 2.11. The Balaban J connectivity index is 1.75. The number of hydrogen-bond donors (Lipinski definition) is 1. The van der Waals surface area contributed by atoms with Gasteiger partial charge in [-0.05, 0) is 40.2 Å². The second-order valence-electron chi connectivity index (χ2n) is 6.44. The summed E-state index contributed by atoms with van der Waals surface area (Å²) in [5, 5.41) is 0. The monoisotopic (exact) mass is 255 g/mol. The molecule has 0 aliphatic carbocycles. The summed E-state index contributed by atoms with van der Waals surface area (Å²) in [5.74, 6) is 0. The van der Waals surface area contributed by atoms with Gasteiger partial charge in [-0.2, -0.15) is 0 Å². The molecule has 2 aliphatic rings. The van der Waals surface area contributed by atoms with Crippen LogP contribution < -0.4 is 5.73 Å². The van der Waals surface area contributed by atoms with Gasteiger partial charge >= 0.3 is 6.09 Å². The Kier molecular flexibility index (Phi) is 3.82. The molecule has 1 unspecified atom stereocenters. The number of likely N-dealkylation sites (tertiary alicyclic amines) is 2. The molecule has 2 rings (SSSR count). The molecule has 0 aromatic rings. The minimum Gasteiger partial charge on any atom is -0.444 e. The van der Waals surface area contributed by atoms with Crippen LogP contribution in [0.1, 0.15) is 33.6 Å². The summed E-state index contributed by atoms with van der Waals surface area (Å²) in [6.45, 7) is 9.32. The topological polar surface area (TPSA) is 58.8 Å². The maximum atomic E-state index is 11.8. The molecule has 5 heteroatoms. The number of hydrogen-bond acceptors (Lipinski definition) is 4. The van der Waals surface area contributed by atoms with E-state index in [4.69, 9.17) is 10.5 Å². The van der Waals surface area contributed by atoms with Crippen molar-refractivity contribution in [3.8, 4) is 0 Å². The van der Waals surface area contributed by atoms with Crippen LogP contribution in [0.2, 0.25) is 0 Å². The Morgan fingerprint density at radius 3 is 2.50 bits per heavy atom. The fourth-order valence-corrected chi connectivity index (χ4v) is 2.53. The highest BCUT2D eigenvalue weighted by molar-refractivity contribution is 5.69. The molecule has 2 N–H and O–H groups in total. The zero-order valence-electron chi connectivity index (χ0n) is 11.7. The van der Waals surface area contributed by atoms with Crippen LogP contribution in [0.15, 0.2) is 0 Å². The number of ether oxygens (including phenoxy) is 1. The highest BCUT2D eigenvalue weighted by Crippen LogP contribution is 2.21. The summed E-state index contributed by atoms with van der Waals surface area (Å²) in [4.78, 5) is 16.0. The molecule has 2 aliphatic heterocycles. The predicted molar refractivity (Wildman–Crippen MR) is 70.4 cm³/mol. The van der Waals surface area contributed by atoms with E-state index < -0.39 is 5.60 Å². The Morgan fingerprint density at radius 2 is 1.94 bits per heavy atom. The van der Waals surface area contributed by atoms with Crippen molar-refractivity contribution in [1.82, 2.24) is 9.80 Å². The van der Waals surface area contributed by atoms with Crippen LogP contribution in [0.5, 0.6) is 0 Å². The first-order valence-electron chi connectivity index (χ1n) is 6.83. The largest absolute Gasteiger partial charge is 0.444 e. The van der Waals surface area contributed by atoms with Crippen molar-refractivity contribution in [2.24, 2.45) is 5.73 Å². The van der Waals surface area contributed by atoms with Crippen LogP contribution in [0, 0.1) is 0 Å². The van der Waals surface area contributed by atoms with Crippen molar-refractivity contribution in [3.05, 3.63) is 0 Å². The van der Waals surface area contributed by atoms with E-state index in [0.29, 0.717) is 12.1 Å². The number of amides is 1. The number of nitrogens with two attached hydrogens (primary N) is 1. The Labute approximate surface area is 109 Å². The Bertz CT molecular complexity index is 308. The molecule has 1 amide bonds. The first-order chi connectivity index (χ1) is 8.35. The highest BCUT2D eigenvalue weighted by atomic mass is 16.6. The van der Waals surface area contributed by atoms with Gasteiger partial charge in [-0.1, -0.05) is 0 Å². The molecule has 5 nitrogen and oxygen atoms in total. The lowest BCUT2D eigenvalue weighted by Gasteiger charge is -2.47. The minimum absolute atomic E-state index is 0.194. The summed E-state index contributed by atoms with van der Waals surface area (Å²) >= 11 is 0. The van der Waals surface area contributed by atoms with E-state index in [9.17, 15) is 4.79 Å². The van der Waals surface area contributed by atoms with Crippen molar-refractivity contribution in [1.29, 1.82) is 0 Å². The fourth-order valence-electron chi connectivity index (χ4n) is 2.53. The van der Waals surface area contributed by atoms with E-state index in [0.717, 1.165) is 32.6 Å². The van der Waals surface area contributed by atoms with E-state index in [2.05, 4.69) is 4.90 Å². The van der Waals surface area contributed by atoms with Crippen molar-refractivity contribution >= 4 is 6.09 Å². The smallest absolute Gasteiger partial charge is 0.410 e. The normalized spacial score (nSPS) is 26.9. The summed E-state index contributed by atoms with van der Waals surface area (Å²) in [6.07, 6.45) is 2.10. The second kappa shape index (κ2) is 5.05. The summed E-state index contributed by atoms with van der Waals surface area (Å²) in [7, 11) is 0. The highest BCUT2D eigenvalue weighted by Gasteiger charge is 2.38. The molecule has 0 aromatic carbocycles. The van der Waals surface area contributed by atoms with Crippen LogP contribution in [0.25, 0.3) is 0 Å². The zero-order chi connectivity index (χ0) is 13.3. The maximum absolute atomic E-state index is 11.8. The van der Waals surface area contributed by atoms with Gasteiger partial charge in [0.1, 0.15) is 5.60 Å². The van der Waals surface area contributed by atoms with E-state index in [1.165, 1.54) is 6.42 Å². The summed E-state index contributed by atoms with van der Waals surface area (Å²) < 4.78 is 5.34. The van der Waals surface area contributed by atoms with Crippen molar-refractivity contribution in [3.63, 3.8) is 0 Å². The van der Waals surface area contributed by atoms with Gasteiger partial charge in [0.2, 0.25) is 0 Å². The SMILES string of the molecule is CC(C)(C)OC(=O)N1CC(N2CCCC(N)C2)C1. The molecule has 2 saturated heterocycles. The molecule has 0 radical (unpaired) electrons. The van der Waals surface area contributed by atoms with Crippen LogP contribution in [0.3, 0.4) is 0 Å². The van der Waals surface area contributed by atoms with Gasteiger partial charge in [-0.25, -0.2) is 4.79 Å². The first kappa shape index (κ1) is 13.6. The van der Waals surface area contributed by atoms with Gasteiger partial charge in [0.15, 0.2) is 0 Å². The predicted octanol–water partition coefficient (Wildman–Crippen LogP) is 1.03. The van der Waals surface area contributed by atoms with Gasteiger partial charge < -0.3 is 15.4 Å². The molecule has 0 saturated carbocycles. The van der Waals surface area contributed by atoms with E-state index >= 15 is 0 Å². The molecular formula is C13H25N3O2. The third-order valence-corrected chi connectivity index (χ3v) is 3.52. The molecule has 2 heterocycles. The van der Waals surface area contributed by atoms with Crippen molar-refractivity contribution in [2.45, 2.75) is 51.3 Å². The van der Waals surface area contributed by atoms with Crippen LogP contribution in [0.4, 0.5) is 4.79 Å². The zero-order valence-corrected chi connectivity index (χ0v) is 11.7. The van der Waals surface area contributed by atoms with Crippen LogP contribution in [-0.4, -0.2) is 59.8 Å². The van der Waals surface area contributed by atoms with Crippen LogP contribution >= 0.6 is 0 Å². The van der Waals surface area contributed by atoms with E-state index in [1.54, 1.807) is 4.90 Å². The van der Waals surface area contributed by atoms with Gasteiger partial charge in [-0.15, -0.1) is 0 Å². The van der Waals surface area contributed by atoms with E-state index in [-0.39, 0.29) is 6.09 Å². The third kappa shape index (κ3) is 3.36. The molecule has 0 bridgehead atoms. The molecule has 104 valence electrons. The lowest BCUT2D eigenvalue weighted by atomic mass is 10.0. The first-order valence-corrected chi connectivity index (χ1v) is 6.83. The second-order valence-corrected chi connectivity index (χ2v) is 6.44. The standard InChI is InChI=1S/C13H25N3O2/c1-13(2,3)18-12(17)16-8-11(9-16)15-6-4-5-10(14)7-15/h10-11H,4-9,14H2,1-3H3. The van der Waals surface area contributed by atoms with Gasteiger partial charge in [0, 0.05) is 31.7 Å². The average molecular weight is 255 g/mol. The van der Waals surface area contributed by atoms with Gasteiger partial charge in [-0.3, -0.25) is 4.90 Å². The number of carbonyl (C=O) groups is 1. The van der Waals surface area contributed by atoms with Gasteiger partial charge in [0.25, 0.3) is 0 Å². The number of carbonyl (C=O) groups excluding carboxylic acids is 1. The minimum atomic E-state index is -0.407. The third-order valence-electron chi connectivity index (χ3n) is 3.52. The number of rotatable bonds is 1. The molecule has 0 spiro atoms. The van der Waals surface area contributed by atoms with E-state index in [1.807, 2.05) is 20.8 Å².